The number of H-pyrrole nitrogens is 2. The third-order valence-corrected chi connectivity index (χ3v) is 5.38. The van der Waals surface area contributed by atoms with E-state index in [0.29, 0.717) is 31.1 Å². The standard InChI is InChI=1S/C20H22F3N7O/c1-13-10-29(4-5-30(13)18-3-2-16(9-25-18)20(21,22)23)11-15-8-27-28-19(15)14-6-17(24-7-14)26-12-31/h2-3,6-9,12-13,24H,4-5,10-11H2,1H3,(H,26,31)(H,27,28)/t13-/m1/s1. The van der Waals surface area contributed by atoms with Gasteiger partial charge in [0.1, 0.15) is 11.6 Å². The van der Waals surface area contributed by atoms with Gasteiger partial charge in [0.05, 0.1) is 17.5 Å². The fraction of sp³-hybridized carbons (Fsp3) is 0.350. The first-order valence-corrected chi connectivity index (χ1v) is 9.78. The van der Waals surface area contributed by atoms with Gasteiger partial charge in [-0.1, -0.05) is 0 Å². The number of hydrogen-bond donors (Lipinski definition) is 3. The molecule has 11 heteroatoms. The number of nitrogens with one attached hydrogen (secondary N) is 3. The van der Waals surface area contributed by atoms with Gasteiger partial charge in [0.25, 0.3) is 0 Å². The quantitative estimate of drug-likeness (QED) is 0.520. The summed E-state index contributed by atoms with van der Waals surface area (Å²) >= 11 is 0. The molecule has 1 fully saturated rings. The van der Waals surface area contributed by atoms with Gasteiger partial charge in [-0.15, -0.1) is 0 Å². The largest absolute Gasteiger partial charge is 0.417 e. The van der Waals surface area contributed by atoms with E-state index < -0.39 is 11.7 Å². The fourth-order valence-corrected chi connectivity index (χ4v) is 3.85. The van der Waals surface area contributed by atoms with Crippen LogP contribution in [0.2, 0.25) is 0 Å². The number of rotatable bonds is 6. The van der Waals surface area contributed by atoms with Crippen molar-refractivity contribution in [2.75, 3.05) is 29.9 Å². The van der Waals surface area contributed by atoms with Gasteiger partial charge in [-0.25, -0.2) is 4.98 Å². The Kier molecular flexibility index (Phi) is 5.68. The third kappa shape index (κ3) is 4.55. The van der Waals surface area contributed by atoms with Crippen LogP contribution >= 0.6 is 0 Å². The Labute approximate surface area is 176 Å². The molecule has 1 aliphatic heterocycles. The number of amides is 1. The molecule has 0 spiro atoms. The van der Waals surface area contributed by atoms with Crippen molar-refractivity contribution in [3.63, 3.8) is 0 Å². The molecule has 0 unspecified atom stereocenters. The van der Waals surface area contributed by atoms with Crippen LogP contribution in [-0.4, -0.2) is 57.2 Å². The molecule has 0 aromatic carbocycles. The first-order valence-electron chi connectivity index (χ1n) is 9.78. The molecule has 0 bridgehead atoms. The SMILES string of the molecule is C[C@@H]1CN(Cc2cn[nH]c2-c2c[nH]c(NC=O)c2)CCN1c1ccc(C(F)(F)F)cn1. The molecular formula is C20H22F3N7O. The molecule has 1 aliphatic rings. The van der Waals surface area contributed by atoms with Crippen molar-refractivity contribution in [3.05, 3.63) is 47.9 Å². The number of aromatic nitrogens is 4. The predicted octanol–water partition coefficient (Wildman–Crippen LogP) is 3.10. The van der Waals surface area contributed by atoms with Crippen molar-refractivity contribution in [1.29, 1.82) is 0 Å². The van der Waals surface area contributed by atoms with Gasteiger partial charge in [-0.3, -0.25) is 14.8 Å². The number of piperazine rings is 1. The molecule has 8 nitrogen and oxygen atoms in total. The Hall–Kier alpha value is -3.34. The Bertz CT molecular complexity index is 1030. The number of hydrogen-bond acceptors (Lipinski definition) is 5. The molecule has 0 saturated carbocycles. The monoisotopic (exact) mass is 433 g/mol. The number of carbonyl (C=O) groups excluding carboxylic acids is 1. The third-order valence-electron chi connectivity index (χ3n) is 5.38. The fourth-order valence-electron chi connectivity index (χ4n) is 3.85. The minimum atomic E-state index is -4.39. The topological polar surface area (TPSA) is 92.9 Å². The molecule has 1 amide bonds. The zero-order valence-corrected chi connectivity index (χ0v) is 16.8. The zero-order chi connectivity index (χ0) is 22.0. The van der Waals surface area contributed by atoms with Crippen molar-refractivity contribution >= 4 is 18.0 Å². The predicted molar refractivity (Wildman–Crippen MR) is 109 cm³/mol. The first kappa shape index (κ1) is 20.9. The molecular weight excluding hydrogens is 411 g/mol. The van der Waals surface area contributed by atoms with Crippen molar-refractivity contribution in [1.82, 2.24) is 25.1 Å². The minimum absolute atomic E-state index is 0.0870. The molecule has 3 aromatic rings. The second-order valence-corrected chi connectivity index (χ2v) is 7.51. The van der Waals surface area contributed by atoms with Gasteiger partial charge in [0.2, 0.25) is 6.41 Å². The summed E-state index contributed by atoms with van der Waals surface area (Å²) in [4.78, 5) is 21.9. The lowest BCUT2D eigenvalue weighted by atomic mass is 10.1. The van der Waals surface area contributed by atoms with Crippen LogP contribution in [-0.2, 0) is 17.5 Å². The summed E-state index contributed by atoms with van der Waals surface area (Å²) in [5, 5.41) is 9.74. The lowest BCUT2D eigenvalue weighted by molar-refractivity contribution is -0.137. The minimum Gasteiger partial charge on any atom is -0.351 e. The van der Waals surface area contributed by atoms with Crippen molar-refractivity contribution in [3.8, 4) is 11.3 Å². The molecule has 4 rings (SSSR count). The average Bonchev–Trinajstić information content (AvgIpc) is 3.37. The van der Waals surface area contributed by atoms with Gasteiger partial charge < -0.3 is 15.2 Å². The second-order valence-electron chi connectivity index (χ2n) is 7.51. The van der Waals surface area contributed by atoms with E-state index in [1.54, 1.807) is 12.4 Å². The van der Waals surface area contributed by atoms with Gasteiger partial charge in [0, 0.05) is 55.7 Å². The lowest BCUT2D eigenvalue weighted by Gasteiger charge is -2.40. The lowest BCUT2D eigenvalue weighted by Crippen LogP contribution is -2.51. The summed E-state index contributed by atoms with van der Waals surface area (Å²) in [6.07, 6.45) is 0.678. The van der Waals surface area contributed by atoms with Crippen LogP contribution < -0.4 is 10.2 Å². The summed E-state index contributed by atoms with van der Waals surface area (Å²) in [5.41, 5.74) is 2.03. The van der Waals surface area contributed by atoms with Gasteiger partial charge in [0.15, 0.2) is 0 Å². The highest BCUT2D eigenvalue weighted by atomic mass is 19.4. The highest BCUT2D eigenvalue weighted by molar-refractivity contribution is 5.74. The highest BCUT2D eigenvalue weighted by Crippen LogP contribution is 2.30. The van der Waals surface area contributed by atoms with Gasteiger partial charge in [-0.2, -0.15) is 18.3 Å². The summed E-state index contributed by atoms with van der Waals surface area (Å²) < 4.78 is 38.3. The van der Waals surface area contributed by atoms with Crippen molar-refractivity contribution < 1.29 is 18.0 Å². The normalized spacial score (nSPS) is 17.7. The molecule has 1 saturated heterocycles. The van der Waals surface area contributed by atoms with Gasteiger partial charge >= 0.3 is 6.18 Å². The van der Waals surface area contributed by atoms with Gasteiger partial charge in [-0.05, 0) is 25.1 Å². The maximum absolute atomic E-state index is 12.8. The Morgan fingerprint density at radius 3 is 2.81 bits per heavy atom. The zero-order valence-electron chi connectivity index (χ0n) is 16.8. The summed E-state index contributed by atoms with van der Waals surface area (Å²) in [6.45, 7) is 4.84. The van der Waals surface area contributed by atoms with E-state index >= 15 is 0 Å². The van der Waals surface area contributed by atoms with E-state index in [9.17, 15) is 18.0 Å². The molecule has 1 atom stereocenters. The number of pyridine rings is 1. The van der Waals surface area contributed by atoms with E-state index in [4.69, 9.17) is 0 Å². The van der Waals surface area contributed by atoms with E-state index in [1.165, 1.54) is 6.07 Å². The molecule has 31 heavy (non-hydrogen) atoms. The van der Waals surface area contributed by atoms with Crippen LogP contribution in [0.4, 0.5) is 24.8 Å². The number of alkyl halides is 3. The molecule has 164 valence electrons. The van der Waals surface area contributed by atoms with Crippen LogP contribution in [0.5, 0.6) is 0 Å². The smallest absolute Gasteiger partial charge is 0.351 e. The first-order chi connectivity index (χ1) is 14.8. The van der Waals surface area contributed by atoms with E-state index in [2.05, 4.69) is 30.4 Å². The number of carbonyl (C=O) groups is 1. The van der Waals surface area contributed by atoms with E-state index in [0.717, 1.165) is 42.2 Å². The Balaban J connectivity index is 1.41. The number of halogens is 3. The number of aromatic amines is 2. The van der Waals surface area contributed by atoms with Crippen molar-refractivity contribution in [2.24, 2.45) is 0 Å². The molecule has 0 radical (unpaired) electrons. The summed E-state index contributed by atoms with van der Waals surface area (Å²) in [5.74, 6) is 1.14. The van der Waals surface area contributed by atoms with Crippen LogP contribution in [0.25, 0.3) is 11.3 Å². The van der Waals surface area contributed by atoms with E-state index in [1.807, 2.05) is 17.9 Å². The van der Waals surface area contributed by atoms with Crippen LogP contribution in [0.3, 0.4) is 0 Å². The molecule has 4 heterocycles. The maximum atomic E-state index is 12.8. The highest BCUT2D eigenvalue weighted by Gasteiger charge is 2.31. The molecule has 3 aromatic heterocycles. The van der Waals surface area contributed by atoms with Crippen LogP contribution in [0, 0.1) is 0 Å². The Morgan fingerprint density at radius 1 is 1.29 bits per heavy atom. The van der Waals surface area contributed by atoms with Crippen LogP contribution in [0.15, 0.2) is 36.8 Å². The second kappa shape index (κ2) is 8.42. The average molecular weight is 433 g/mol. The molecule has 0 aliphatic carbocycles. The molecule has 3 N–H and O–H groups in total. The summed E-state index contributed by atoms with van der Waals surface area (Å²) in [7, 11) is 0. The van der Waals surface area contributed by atoms with Crippen molar-refractivity contribution in [2.45, 2.75) is 25.7 Å². The Morgan fingerprint density at radius 2 is 2.13 bits per heavy atom. The van der Waals surface area contributed by atoms with Crippen LogP contribution in [0.1, 0.15) is 18.1 Å². The van der Waals surface area contributed by atoms with E-state index in [-0.39, 0.29) is 6.04 Å². The number of anilines is 2. The maximum Gasteiger partial charge on any atom is 0.417 e. The number of nitrogens with zero attached hydrogens (tertiary/aromatic N) is 4. The summed E-state index contributed by atoms with van der Waals surface area (Å²) in [6, 6.07) is 4.41.